The zero-order valence-electron chi connectivity index (χ0n) is 11.4. The summed E-state index contributed by atoms with van der Waals surface area (Å²) >= 11 is 0. The zero-order valence-corrected chi connectivity index (χ0v) is 11.4. The van der Waals surface area contributed by atoms with Crippen LogP contribution in [0.2, 0.25) is 0 Å². The Bertz CT molecular complexity index is 347. The van der Waals surface area contributed by atoms with Gasteiger partial charge in [-0.05, 0) is 50.4 Å². The van der Waals surface area contributed by atoms with Crippen LogP contribution < -0.4 is 5.73 Å². The number of nitrogens with two attached hydrogens (primary N) is 1. The first-order valence-electron chi connectivity index (χ1n) is 7.20. The van der Waals surface area contributed by atoms with Crippen LogP contribution in [-0.4, -0.2) is 29.5 Å². The molecule has 2 heterocycles. The fraction of sp³-hybridized carbons (Fsp3) is 0.667. The van der Waals surface area contributed by atoms with E-state index < -0.39 is 0 Å². The Morgan fingerprint density at radius 2 is 2.22 bits per heavy atom. The summed E-state index contributed by atoms with van der Waals surface area (Å²) in [5.41, 5.74) is 7.55. The predicted molar refractivity (Wildman–Crippen MR) is 76.4 cm³/mol. The summed E-state index contributed by atoms with van der Waals surface area (Å²) in [4.78, 5) is 6.96. The van der Waals surface area contributed by atoms with Crippen molar-refractivity contribution in [2.75, 3.05) is 25.4 Å². The Kier molecular flexibility index (Phi) is 5.00. The lowest BCUT2D eigenvalue weighted by Crippen LogP contribution is -2.27. The molecule has 1 unspecified atom stereocenters. The molecule has 0 aromatic carbocycles. The molecule has 0 saturated carbocycles. The summed E-state index contributed by atoms with van der Waals surface area (Å²) in [6.45, 7) is 5.96. The molecular formula is C15H25N3. The molecule has 2 N–H and O–H groups in total. The first-order chi connectivity index (χ1) is 8.78. The van der Waals surface area contributed by atoms with E-state index in [1.807, 2.05) is 12.1 Å². The van der Waals surface area contributed by atoms with Gasteiger partial charge in [0.2, 0.25) is 0 Å². The summed E-state index contributed by atoms with van der Waals surface area (Å²) in [5.74, 6) is 0.949. The quantitative estimate of drug-likeness (QED) is 0.889. The summed E-state index contributed by atoms with van der Waals surface area (Å²) in [6, 6.07) is 3.99. The predicted octanol–water partition coefficient (Wildman–Crippen LogP) is 2.72. The number of hydrogen-bond acceptors (Lipinski definition) is 3. The van der Waals surface area contributed by atoms with Gasteiger partial charge >= 0.3 is 0 Å². The van der Waals surface area contributed by atoms with Gasteiger partial charge in [-0.15, -0.1) is 0 Å². The molecule has 1 aliphatic heterocycles. The smallest absolute Gasteiger partial charge is 0.0501 e. The summed E-state index contributed by atoms with van der Waals surface area (Å²) in [6.07, 6.45) is 8.27. The zero-order chi connectivity index (χ0) is 12.8. The highest BCUT2D eigenvalue weighted by atomic mass is 15.1. The van der Waals surface area contributed by atoms with E-state index in [4.69, 9.17) is 5.73 Å². The third-order valence-corrected chi connectivity index (χ3v) is 4.05. The van der Waals surface area contributed by atoms with Crippen molar-refractivity contribution in [2.45, 2.75) is 39.0 Å². The molecule has 2 rings (SSSR count). The van der Waals surface area contributed by atoms with Crippen LogP contribution in [0.1, 0.15) is 38.3 Å². The van der Waals surface area contributed by atoms with Gasteiger partial charge < -0.3 is 10.6 Å². The van der Waals surface area contributed by atoms with Gasteiger partial charge in [0.15, 0.2) is 0 Å². The Hall–Kier alpha value is -1.09. The summed E-state index contributed by atoms with van der Waals surface area (Å²) in [7, 11) is 0. The normalized spacial score (nSPS) is 21.7. The van der Waals surface area contributed by atoms with Crippen LogP contribution in [0.3, 0.4) is 0 Å². The highest BCUT2D eigenvalue weighted by Crippen LogP contribution is 2.20. The van der Waals surface area contributed by atoms with Crippen LogP contribution in [-0.2, 0) is 6.42 Å². The molecule has 0 radical (unpaired) electrons. The minimum Gasteiger partial charge on any atom is -0.397 e. The number of nitrogen functional groups attached to an aromatic ring is 1. The molecule has 1 fully saturated rings. The standard InChI is InChI=1S/C15H25N3/c1-2-13-4-3-9-18(10-7-13)11-8-15-6-5-14(16)12-17-15/h5-6,12-13H,2-4,7-11,16H2,1H3. The summed E-state index contributed by atoms with van der Waals surface area (Å²) < 4.78 is 0. The van der Waals surface area contributed by atoms with Gasteiger partial charge in [0.1, 0.15) is 0 Å². The topological polar surface area (TPSA) is 42.1 Å². The molecule has 0 bridgehead atoms. The molecule has 0 spiro atoms. The number of anilines is 1. The van der Waals surface area contributed by atoms with Crippen molar-refractivity contribution in [3.05, 3.63) is 24.0 Å². The van der Waals surface area contributed by atoms with Crippen LogP contribution in [0.15, 0.2) is 18.3 Å². The van der Waals surface area contributed by atoms with E-state index in [-0.39, 0.29) is 0 Å². The largest absolute Gasteiger partial charge is 0.397 e. The van der Waals surface area contributed by atoms with Crippen molar-refractivity contribution >= 4 is 5.69 Å². The van der Waals surface area contributed by atoms with E-state index >= 15 is 0 Å². The van der Waals surface area contributed by atoms with E-state index in [1.165, 1.54) is 38.8 Å². The second-order valence-electron chi connectivity index (χ2n) is 5.38. The molecule has 1 aliphatic rings. The molecule has 1 aromatic heterocycles. The molecule has 0 amide bonds. The van der Waals surface area contributed by atoms with Gasteiger partial charge in [-0.25, -0.2) is 0 Å². The molecule has 18 heavy (non-hydrogen) atoms. The molecule has 3 nitrogen and oxygen atoms in total. The summed E-state index contributed by atoms with van der Waals surface area (Å²) in [5, 5.41) is 0. The molecular weight excluding hydrogens is 222 g/mol. The second-order valence-corrected chi connectivity index (χ2v) is 5.38. The maximum Gasteiger partial charge on any atom is 0.0501 e. The first-order valence-corrected chi connectivity index (χ1v) is 7.20. The molecule has 0 aliphatic carbocycles. The van der Waals surface area contributed by atoms with Gasteiger partial charge in [0.25, 0.3) is 0 Å². The van der Waals surface area contributed by atoms with Crippen molar-refractivity contribution in [1.29, 1.82) is 0 Å². The second kappa shape index (κ2) is 6.74. The van der Waals surface area contributed by atoms with Crippen molar-refractivity contribution < 1.29 is 0 Å². The minimum atomic E-state index is 0.749. The lowest BCUT2D eigenvalue weighted by molar-refractivity contribution is 0.282. The Morgan fingerprint density at radius 3 is 2.94 bits per heavy atom. The molecule has 1 aromatic rings. The number of aromatic nitrogens is 1. The number of hydrogen-bond donors (Lipinski definition) is 1. The van der Waals surface area contributed by atoms with Gasteiger partial charge in [0, 0.05) is 18.7 Å². The highest BCUT2D eigenvalue weighted by molar-refractivity contribution is 5.34. The van der Waals surface area contributed by atoms with E-state index in [1.54, 1.807) is 6.20 Å². The molecule has 3 heteroatoms. The third-order valence-electron chi connectivity index (χ3n) is 4.05. The monoisotopic (exact) mass is 247 g/mol. The number of likely N-dealkylation sites (tertiary alicyclic amines) is 1. The van der Waals surface area contributed by atoms with Crippen LogP contribution in [0.4, 0.5) is 5.69 Å². The number of nitrogens with zero attached hydrogens (tertiary/aromatic N) is 2. The average molecular weight is 247 g/mol. The van der Waals surface area contributed by atoms with Crippen molar-refractivity contribution in [3.8, 4) is 0 Å². The van der Waals surface area contributed by atoms with Gasteiger partial charge in [0.05, 0.1) is 11.9 Å². The maximum absolute atomic E-state index is 5.64. The fourth-order valence-corrected chi connectivity index (χ4v) is 2.71. The van der Waals surface area contributed by atoms with Gasteiger partial charge in [-0.1, -0.05) is 13.3 Å². The van der Waals surface area contributed by atoms with Crippen LogP contribution in [0, 0.1) is 5.92 Å². The van der Waals surface area contributed by atoms with Crippen molar-refractivity contribution in [3.63, 3.8) is 0 Å². The lowest BCUT2D eigenvalue weighted by Gasteiger charge is -2.19. The van der Waals surface area contributed by atoms with Crippen molar-refractivity contribution in [2.24, 2.45) is 5.92 Å². The van der Waals surface area contributed by atoms with Crippen LogP contribution in [0.25, 0.3) is 0 Å². The number of rotatable bonds is 4. The molecule has 1 saturated heterocycles. The van der Waals surface area contributed by atoms with Crippen molar-refractivity contribution in [1.82, 2.24) is 9.88 Å². The Morgan fingerprint density at radius 1 is 1.33 bits per heavy atom. The third kappa shape index (κ3) is 3.98. The molecule has 100 valence electrons. The maximum atomic E-state index is 5.64. The SMILES string of the molecule is CCC1CCCN(CCc2ccc(N)cn2)CC1. The van der Waals surface area contributed by atoms with E-state index in [2.05, 4.69) is 16.8 Å². The number of pyridine rings is 1. The van der Waals surface area contributed by atoms with Gasteiger partial charge in [-0.3, -0.25) is 4.98 Å². The Balaban J connectivity index is 1.77. The van der Waals surface area contributed by atoms with Gasteiger partial charge in [-0.2, -0.15) is 0 Å². The Labute approximate surface area is 110 Å². The first kappa shape index (κ1) is 13.3. The van der Waals surface area contributed by atoms with Crippen LogP contribution >= 0.6 is 0 Å². The van der Waals surface area contributed by atoms with E-state index in [0.29, 0.717) is 0 Å². The highest BCUT2D eigenvalue weighted by Gasteiger charge is 2.15. The lowest BCUT2D eigenvalue weighted by atomic mass is 9.98. The molecule has 1 atom stereocenters. The van der Waals surface area contributed by atoms with Crippen LogP contribution in [0.5, 0.6) is 0 Å². The fourth-order valence-electron chi connectivity index (χ4n) is 2.71. The average Bonchev–Trinajstić information content (AvgIpc) is 2.63. The van der Waals surface area contributed by atoms with E-state index in [0.717, 1.165) is 30.3 Å². The van der Waals surface area contributed by atoms with E-state index in [9.17, 15) is 0 Å². The minimum absolute atomic E-state index is 0.749.